The highest BCUT2D eigenvalue weighted by atomic mass is 127. The number of ether oxygens (including phenoxy) is 2. The summed E-state index contributed by atoms with van der Waals surface area (Å²) in [4.78, 5) is 11.9. The zero-order valence-corrected chi connectivity index (χ0v) is 20.0. The minimum absolute atomic E-state index is 0.00129. The normalized spacial score (nSPS) is 10.8. The average molecular weight is 568 g/mol. The third kappa shape index (κ3) is 7.10. The van der Waals surface area contributed by atoms with Crippen LogP contribution in [0.5, 0.6) is 11.5 Å². The fourth-order valence-electron chi connectivity index (χ4n) is 2.66. The summed E-state index contributed by atoms with van der Waals surface area (Å²) < 4.78 is 25.1. The fourth-order valence-corrected chi connectivity index (χ4v) is 3.57. The van der Waals surface area contributed by atoms with Gasteiger partial charge in [-0.3, -0.25) is 4.79 Å². The van der Waals surface area contributed by atoms with E-state index in [1.54, 1.807) is 25.3 Å². The molecule has 9 heteroatoms. The summed E-state index contributed by atoms with van der Waals surface area (Å²) in [5.41, 5.74) is 4.80. The van der Waals surface area contributed by atoms with Gasteiger partial charge < -0.3 is 14.8 Å². The Balaban J connectivity index is 1.57. The molecule has 6 nitrogen and oxygen atoms in total. The molecule has 0 saturated heterocycles. The minimum atomic E-state index is -0.338. The zero-order valence-electron chi connectivity index (χ0n) is 17.1. The predicted octanol–water partition coefficient (Wildman–Crippen LogP) is 5.23. The molecule has 166 valence electrons. The number of carbonyl (C=O) groups is 1. The van der Waals surface area contributed by atoms with Crippen molar-refractivity contribution in [3.63, 3.8) is 0 Å². The predicted molar refractivity (Wildman–Crippen MR) is 132 cm³/mol. The summed E-state index contributed by atoms with van der Waals surface area (Å²) in [6.07, 6.45) is 1.52. The summed E-state index contributed by atoms with van der Waals surface area (Å²) >= 11 is 8.07. The van der Waals surface area contributed by atoms with Crippen LogP contribution >= 0.6 is 34.2 Å². The number of halogens is 3. The highest BCUT2D eigenvalue weighted by Crippen LogP contribution is 2.34. The molecule has 3 aromatic rings. The number of hydrogen-bond donors (Lipinski definition) is 2. The number of methoxy groups -OCH3 is 1. The highest BCUT2D eigenvalue weighted by Gasteiger charge is 2.12. The zero-order chi connectivity index (χ0) is 22.9. The van der Waals surface area contributed by atoms with Gasteiger partial charge in [-0.15, -0.1) is 0 Å². The second kappa shape index (κ2) is 11.7. The second-order valence-electron chi connectivity index (χ2n) is 6.60. The summed E-state index contributed by atoms with van der Waals surface area (Å²) in [5.74, 6) is 0.496. The number of nitrogens with zero attached hydrogens (tertiary/aromatic N) is 1. The quantitative estimate of drug-likeness (QED) is 0.211. The maximum absolute atomic E-state index is 12.9. The molecule has 0 aliphatic heterocycles. The van der Waals surface area contributed by atoms with Crippen molar-refractivity contribution in [1.82, 2.24) is 5.43 Å². The Hall–Kier alpha value is -2.85. The van der Waals surface area contributed by atoms with Crippen LogP contribution in [0.1, 0.15) is 11.1 Å². The fraction of sp³-hybridized carbons (Fsp3) is 0.130. The van der Waals surface area contributed by atoms with Gasteiger partial charge in [0.25, 0.3) is 5.91 Å². The molecule has 32 heavy (non-hydrogen) atoms. The Labute approximate surface area is 203 Å². The van der Waals surface area contributed by atoms with Crippen molar-refractivity contribution < 1.29 is 18.7 Å². The Bertz CT molecular complexity index is 1090. The first kappa shape index (κ1) is 23.8. The monoisotopic (exact) mass is 567 g/mol. The molecule has 0 aliphatic carbocycles. The molecule has 0 atom stereocenters. The van der Waals surface area contributed by atoms with Gasteiger partial charge in [-0.2, -0.15) is 5.10 Å². The molecule has 2 N–H and O–H groups in total. The van der Waals surface area contributed by atoms with Crippen molar-refractivity contribution in [3.8, 4) is 11.5 Å². The van der Waals surface area contributed by atoms with E-state index in [4.69, 9.17) is 21.1 Å². The number of nitrogens with one attached hydrogen (secondary N) is 2. The van der Waals surface area contributed by atoms with E-state index in [9.17, 15) is 9.18 Å². The lowest BCUT2D eigenvalue weighted by Gasteiger charge is -2.13. The smallest absolute Gasteiger partial charge is 0.259 e. The van der Waals surface area contributed by atoms with Crippen molar-refractivity contribution in [2.24, 2.45) is 5.10 Å². The number of hydrogen-bond acceptors (Lipinski definition) is 5. The van der Waals surface area contributed by atoms with Crippen LogP contribution in [-0.4, -0.2) is 25.8 Å². The largest absolute Gasteiger partial charge is 0.493 e. The van der Waals surface area contributed by atoms with Crippen LogP contribution in [0.2, 0.25) is 5.02 Å². The lowest BCUT2D eigenvalue weighted by atomic mass is 10.2. The van der Waals surface area contributed by atoms with Crippen LogP contribution in [0, 0.1) is 9.39 Å². The molecule has 3 aromatic carbocycles. The third-order valence-corrected chi connectivity index (χ3v) is 5.30. The molecular weight excluding hydrogens is 548 g/mol. The SMILES string of the molecule is COc1cc(/C=N\NC(=O)CNc2ccc(F)cc2)cc(I)c1OCc1ccc(Cl)cc1. The summed E-state index contributed by atoms with van der Waals surface area (Å²) in [7, 11) is 1.56. The van der Waals surface area contributed by atoms with Gasteiger partial charge >= 0.3 is 0 Å². The van der Waals surface area contributed by atoms with Crippen molar-refractivity contribution in [2.45, 2.75) is 6.61 Å². The summed E-state index contributed by atoms with van der Waals surface area (Å²) in [6, 6.07) is 16.8. The van der Waals surface area contributed by atoms with E-state index >= 15 is 0 Å². The third-order valence-electron chi connectivity index (χ3n) is 4.25. The Morgan fingerprint density at radius 2 is 1.88 bits per heavy atom. The Kier molecular flexibility index (Phi) is 8.69. The summed E-state index contributed by atoms with van der Waals surface area (Å²) in [5, 5.41) is 7.54. The first-order chi connectivity index (χ1) is 15.4. The molecular formula is C23H20ClFIN3O3. The lowest BCUT2D eigenvalue weighted by molar-refractivity contribution is -0.119. The van der Waals surface area contributed by atoms with Crippen LogP contribution in [0.25, 0.3) is 0 Å². The number of amides is 1. The minimum Gasteiger partial charge on any atom is -0.493 e. The van der Waals surface area contributed by atoms with E-state index in [0.29, 0.717) is 28.8 Å². The number of carbonyl (C=O) groups excluding carboxylic acids is 1. The van der Waals surface area contributed by atoms with Gasteiger partial charge in [0, 0.05) is 10.7 Å². The van der Waals surface area contributed by atoms with Gasteiger partial charge in [0.05, 0.1) is 23.4 Å². The van der Waals surface area contributed by atoms with E-state index in [0.717, 1.165) is 14.7 Å². The molecule has 0 saturated carbocycles. The van der Waals surface area contributed by atoms with Gasteiger partial charge in [-0.25, -0.2) is 9.82 Å². The van der Waals surface area contributed by atoms with Gasteiger partial charge in [0.1, 0.15) is 12.4 Å². The molecule has 0 heterocycles. The number of rotatable bonds is 9. The van der Waals surface area contributed by atoms with E-state index < -0.39 is 0 Å². The highest BCUT2D eigenvalue weighted by molar-refractivity contribution is 14.1. The van der Waals surface area contributed by atoms with Gasteiger partial charge in [-0.05, 0) is 82.2 Å². The average Bonchev–Trinajstić information content (AvgIpc) is 2.79. The van der Waals surface area contributed by atoms with Crippen LogP contribution in [-0.2, 0) is 11.4 Å². The van der Waals surface area contributed by atoms with E-state index in [2.05, 4.69) is 38.4 Å². The Morgan fingerprint density at radius 3 is 2.56 bits per heavy atom. The van der Waals surface area contributed by atoms with Crippen LogP contribution < -0.4 is 20.2 Å². The molecule has 3 rings (SSSR count). The van der Waals surface area contributed by atoms with Crippen molar-refractivity contribution >= 4 is 52.0 Å². The molecule has 0 radical (unpaired) electrons. The number of benzene rings is 3. The van der Waals surface area contributed by atoms with Crippen LogP contribution in [0.3, 0.4) is 0 Å². The first-order valence-electron chi connectivity index (χ1n) is 9.50. The standard InChI is InChI=1S/C23H20ClFIN3O3/c1-31-21-11-16(10-20(26)23(21)32-14-15-2-4-17(24)5-3-15)12-28-29-22(30)13-27-19-8-6-18(25)7-9-19/h2-12,27H,13-14H2,1H3,(H,29,30)/b28-12-. The number of hydrazone groups is 1. The Morgan fingerprint density at radius 1 is 1.16 bits per heavy atom. The molecule has 0 bridgehead atoms. The van der Waals surface area contributed by atoms with Crippen molar-refractivity contribution in [1.29, 1.82) is 0 Å². The topological polar surface area (TPSA) is 72.0 Å². The van der Waals surface area contributed by atoms with Gasteiger partial charge in [0.2, 0.25) is 0 Å². The molecule has 0 aliphatic rings. The van der Waals surface area contributed by atoms with Gasteiger partial charge in [0.15, 0.2) is 11.5 Å². The molecule has 0 unspecified atom stereocenters. The van der Waals surface area contributed by atoms with Crippen molar-refractivity contribution in [3.05, 3.63) is 86.2 Å². The molecule has 0 aromatic heterocycles. The van der Waals surface area contributed by atoms with Gasteiger partial charge in [-0.1, -0.05) is 23.7 Å². The molecule has 0 fully saturated rings. The molecule has 0 spiro atoms. The van der Waals surface area contributed by atoms with Crippen molar-refractivity contribution in [2.75, 3.05) is 19.0 Å². The first-order valence-corrected chi connectivity index (χ1v) is 11.0. The van der Waals surface area contributed by atoms with E-state index in [1.807, 2.05) is 30.3 Å². The maximum atomic E-state index is 12.9. The number of anilines is 1. The maximum Gasteiger partial charge on any atom is 0.259 e. The van der Waals surface area contributed by atoms with Crippen LogP contribution in [0.15, 0.2) is 65.8 Å². The molecule has 1 amide bonds. The lowest BCUT2D eigenvalue weighted by Crippen LogP contribution is -2.25. The van der Waals surface area contributed by atoms with Crippen LogP contribution in [0.4, 0.5) is 10.1 Å². The van der Waals surface area contributed by atoms with E-state index in [-0.39, 0.29) is 18.3 Å². The van der Waals surface area contributed by atoms with E-state index in [1.165, 1.54) is 18.3 Å². The summed E-state index contributed by atoms with van der Waals surface area (Å²) in [6.45, 7) is 0.370. The second-order valence-corrected chi connectivity index (χ2v) is 8.20.